The highest BCUT2D eigenvalue weighted by molar-refractivity contribution is 6.31. The van der Waals surface area contributed by atoms with Crippen molar-refractivity contribution in [2.45, 2.75) is 20.4 Å². The highest BCUT2D eigenvalue weighted by Crippen LogP contribution is 2.32. The van der Waals surface area contributed by atoms with E-state index in [4.69, 9.17) is 21.1 Å². The van der Waals surface area contributed by atoms with Gasteiger partial charge in [0.05, 0.1) is 25.8 Å². The predicted octanol–water partition coefficient (Wildman–Crippen LogP) is 4.22. The predicted molar refractivity (Wildman–Crippen MR) is 112 cm³/mol. The van der Waals surface area contributed by atoms with Crippen LogP contribution in [0, 0.1) is 0 Å². The van der Waals surface area contributed by atoms with Crippen molar-refractivity contribution in [1.29, 1.82) is 0 Å². The molecule has 0 unspecified atom stereocenters. The van der Waals surface area contributed by atoms with E-state index in [1.807, 2.05) is 31.2 Å². The molecule has 6 nitrogen and oxygen atoms in total. The van der Waals surface area contributed by atoms with Gasteiger partial charge < -0.3 is 9.47 Å². The molecule has 0 aliphatic carbocycles. The van der Waals surface area contributed by atoms with Gasteiger partial charge in [0.25, 0.3) is 5.56 Å². The fraction of sp³-hybridized carbons (Fsp3) is 0.227. The second-order valence-electron chi connectivity index (χ2n) is 6.39. The van der Waals surface area contributed by atoms with Crippen molar-refractivity contribution >= 4 is 17.4 Å². The smallest absolute Gasteiger partial charge is 0.267 e. The number of halogens is 1. The summed E-state index contributed by atoms with van der Waals surface area (Å²) < 4.78 is 12.2. The summed E-state index contributed by atoms with van der Waals surface area (Å²) in [7, 11) is 1.60. The van der Waals surface area contributed by atoms with Crippen molar-refractivity contribution in [3.8, 4) is 22.8 Å². The summed E-state index contributed by atoms with van der Waals surface area (Å²) in [5.41, 5.74) is 1.99. The molecule has 0 radical (unpaired) electrons. The SMILES string of the molecule is CCOc1nn(Cc2ccc(OC)cc2)c(=O)cc1-c1cc(Cl)ccc1C(C)=O. The number of benzene rings is 2. The Morgan fingerprint density at radius 3 is 2.45 bits per heavy atom. The number of carbonyl (C=O) groups excluding carboxylic acids is 1. The maximum Gasteiger partial charge on any atom is 0.267 e. The fourth-order valence-electron chi connectivity index (χ4n) is 2.97. The molecule has 0 aliphatic rings. The summed E-state index contributed by atoms with van der Waals surface area (Å²) in [5.74, 6) is 0.865. The van der Waals surface area contributed by atoms with Gasteiger partial charge in [-0.25, -0.2) is 4.68 Å². The Morgan fingerprint density at radius 2 is 1.83 bits per heavy atom. The number of rotatable bonds is 7. The minimum atomic E-state index is -0.311. The lowest BCUT2D eigenvalue weighted by atomic mass is 9.98. The van der Waals surface area contributed by atoms with E-state index < -0.39 is 0 Å². The number of methoxy groups -OCH3 is 1. The van der Waals surface area contributed by atoms with Crippen molar-refractivity contribution in [3.63, 3.8) is 0 Å². The molecule has 2 aromatic carbocycles. The van der Waals surface area contributed by atoms with Gasteiger partial charge in [0.1, 0.15) is 5.75 Å². The third kappa shape index (κ3) is 4.66. The number of hydrogen-bond acceptors (Lipinski definition) is 5. The summed E-state index contributed by atoms with van der Waals surface area (Å²) in [6.45, 7) is 3.93. The van der Waals surface area contributed by atoms with Crippen LogP contribution in [0.5, 0.6) is 11.6 Å². The molecule has 0 aliphatic heterocycles. The van der Waals surface area contributed by atoms with Crippen LogP contribution in [0.4, 0.5) is 0 Å². The molecule has 150 valence electrons. The molecular formula is C22H21ClN2O4. The highest BCUT2D eigenvalue weighted by atomic mass is 35.5. The molecule has 7 heteroatoms. The van der Waals surface area contributed by atoms with E-state index in [9.17, 15) is 9.59 Å². The zero-order valence-corrected chi connectivity index (χ0v) is 17.2. The lowest BCUT2D eigenvalue weighted by molar-refractivity contribution is 0.101. The van der Waals surface area contributed by atoms with Gasteiger partial charge in [0, 0.05) is 16.7 Å². The fourth-order valence-corrected chi connectivity index (χ4v) is 3.14. The van der Waals surface area contributed by atoms with Crippen molar-refractivity contribution in [1.82, 2.24) is 9.78 Å². The first-order chi connectivity index (χ1) is 13.9. The van der Waals surface area contributed by atoms with Crippen LogP contribution in [0.2, 0.25) is 5.02 Å². The van der Waals surface area contributed by atoms with Crippen LogP contribution in [0.3, 0.4) is 0 Å². The molecule has 29 heavy (non-hydrogen) atoms. The van der Waals surface area contributed by atoms with Crippen LogP contribution in [-0.2, 0) is 6.54 Å². The first-order valence-corrected chi connectivity index (χ1v) is 9.49. The largest absolute Gasteiger partial charge is 0.497 e. The Morgan fingerprint density at radius 1 is 1.10 bits per heavy atom. The summed E-state index contributed by atoms with van der Waals surface area (Å²) in [6.07, 6.45) is 0. The Labute approximate surface area is 173 Å². The molecule has 0 saturated carbocycles. The molecule has 0 N–H and O–H groups in total. The first kappa shape index (κ1) is 20.6. The first-order valence-electron chi connectivity index (χ1n) is 9.11. The van der Waals surface area contributed by atoms with E-state index >= 15 is 0 Å². The van der Waals surface area contributed by atoms with E-state index in [1.54, 1.807) is 25.3 Å². The van der Waals surface area contributed by atoms with Crippen LogP contribution in [0.15, 0.2) is 53.3 Å². The number of hydrogen-bond donors (Lipinski definition) is 0. The van der Waals surface area contributed by atoms with E-state index in [-0.39, 0.29) is 23.8 Å². The standard InChI is InChI=1S/C22H21ClN2O4/c1-4-29-22-20(19-11-16(23)7-10-18(19)14(2)26)12-21(27)25(24-22)13-15-5-8-17(28-3)9-6-15/h5-12H,4,13H2,1-3H3. The maximum absolute atomic E-state index is 12.8. The van der Waals surface area contributed by atoms with Gasteiger partial charge in [0.15, 0.2) is 5.78 Å². The van der Waals surface area contributed by atoms with Crippen molar-refractivity contribution in [2.75, 3.05) is 13.7 Å². The molecular weight excluding hydrogens is 392 g/mol. The average Bonchev–Trinajstić information content (AvgIpc) is 2.70. The summed E-state index contributed by atoms with van der Waals surface area (Å²) in [6, 6.07) is 13.7. The number of carbonyl (C=O) groups is 1. The van der Waals surface area contributed by atoms with Crippen LogP contribution in [0.1, 0.15) is 29.8 Å². The van der Waals surface area contributed by atoms with Gasteiger partial charge in [-0.2, -0.15) is 0 Å². The second kappa shape index (κ2) is 8.92. The van der Waals surface area contributed by atoms with Crippen molar-refractivity contribution in [3.05, 3.63) is 75.0 Å². The number of nitrogens with zero attached hydrogens (tertiary/aromatic N) is 2. The van der Waals surface area contributed by atoms with Gasteiger partial charge in [0.2, 0.25) is 5.88 Å². The summed E-state index contributed by atoms with van der Waals surface area (Å²) >= 11 is 6.14. The monoisotopic (exact) mass is 412 g/mol. The van der Waals surface area contributed by atoms with Crippen molar-refractivity contribution in [2.24, 2.45) is 0 Å². The summed E-state index contributed by atoms with van der Waals surface area (Å²) in [4.78, 5) is 24.8. The van der Waals surface area contributed by atoms with Gasteiger partial charge in [-0.1, -0.05) is 23.7 Å². The Balaban J connectivity index is 2.08. The molecule has 1 aromatic heterocycles. The normalized spacial score (nSPS) is 10.6. The molecule has 3 aromatic rings. The molecule has 0 bridgehead atoms. The van der Waals surface area contributed by atoms with Crippen LogP contribution in [0.25, 0.3) is 11.1 Å². The maximum atomic E-state index is 12.8. The Bertz CT molecular complexity index is 1090. The molecule has 0 fully saturated rings. The average molecular weight is 413 g/mol. The zero-order valence-electron chi connectivity index (χ0n) is 16.4. The minimum Gasteiger partial charge on any atom is -0.497 e. The van der Waals surface area contributed by atoms with Crippen LogP contribution in [-0.4, -0.2) is 29.3 Å². The Kier molecular flexibility index (Phi) is 6.34. The van der Waals surface area contributed by atoms with E-state index in [0.29, 0.717) is 28.3 Å². The molecule has 3 rings (SSSR count). The Hall–Kier alpha value is -3.12. The third-order valence-electron chi connectivity index (χ3n) is 4.39. The highest BCUT2D eigenvalue weighted by Gasteiger charge is 2.18. The number of ether oxygens (including phenoxy) is 2. The van der Waals surface area contributed by atoms with Gasteiger partial charge >= 0.3 is 0 Å². The molecule has 0 saturated heterocycles. The summed E-state index contributed by atoms with van der Waals surface area (Å²) in [5, 5.41) is 4.86. The van der Waals surface area contributed by atoms with E-state index in [1.165, 1.54) is 17.7 Å². The van der Waals surface area contributed by atoms with Crippen LogP contribution >= 0.6 is 11.6 Å². The van der Waals surface area contributed by atoms with Gasteiger partial charge in [-0.05, 0) is 55.3 Å². The van der Waals surface area contributed by atoms with E-state index in [0.717, 1.165) is 11.3 Å². The van der Waals surface area contributed by atoms with E-state index in [2.05, 4.69) is 5.10 Å². The third-order valence-corrected chi connectivity index (χ3v) is 4.62. The van der Waals surface area contributed by atoms with Gasteiger partial charge in [-0.15, -0.1) is 5.10 Å². The number of Topliss-reactive ketones (excluding diaryl/α,β-unsaturated/α-hetero) is 1. The zero-order chi connectivity index (χ0) is 21.0. The quantitative estimate of drug-likeness (QED) is 0.543. The van der Waals surface area contributed by atoms with Crippen molar-refractivity contribution < 1.29 is 14.3 Å². The molecule has 1 heterocycles. The lowest BCUT2D eigenvalue weighted by Gasteiger charge is -2.14. The van der Waals surface area contributed by atoms with Gasteiger partial charge in [-0.3, -0.25) is 9.59 Å². The topological polar surface area (TPSA) is 70.4 Å². The van der Waals surface area contributed by atoms with Crippen LogP contribution < -0.4 is 15.0 Å². The second-order valence-corrected chi connectivity index (χ2v) is 6.82. The molecule has 0 amide bonds. The minimum absolute atomic E-state index is 0.137. The number of ketones is 1. The lowest BCUT2D eigenvalue weighted by Crippen LogP contribution is -2.24. The molecule has 0 spiro atoms. The number of aromatic nitrogens is 2. The molecule has 0 atom stereocenters.